The van der Waals surface area contributed by atoms with E-state index >= 15 is 0 Å². The van der Waals surface area contributed by atoms with Crippen molar-refractivity contribution in [2.24, 2.45) is 0 Å². The number of ether oxygens (including phenoxy) is 2. The van der Waals surface area contributed by atoms with Crippen LogP contribution in [0, 0.1) is 0 Å². The molecule has 184 valence electrons. The molecule has 35 heavy (non-hydrogen) atoms. The third kappa shape index (κ3) is 5.10. The average molecular weight is 478 g/mol. The smallest absolute Gasteiger partial charge is 0.295 e. The molecule has 2 heterocycles. The fourth-order valence-electron chi connectivity index (χ4n) is 4.69. The van der Waals surface area contributed by atoms with Crippen molar-refractivity contribution in [1.29, 1.82) is 0 Å². The van der Waals surface area contributed by atoms with Crippen molar-refractivity contribution in [2.75, 3.05) is 33.8 Å². The molecule has 2 atom stereocenters. The van der Waals surface area contributed by atoms with Gasteiger partial charge in [-0.3, -0.25) is 9.59 Å². The molecule has 2 aliphatic heterocycles. The largest absolute Gasteiger partial charge is 0.507 e. The van der Waals surface area contributed by atoms with E-state index in [1.54, 1.807) is 29.2 Å². The number of nitrogens with zero attached hydrogens (tertiary/aromatic N) is 1. The standard InChI is InChI=1S/C28H32N2O5/c1-5-15-34-22-10-7-19(8-11-22)25-24(27(32)28(33)30(25)14-6-13-29(3)4)26(31)20-9-12-23-21(17-20)16-18(2)35-23/h5,7-12,17-18,25,31H,1,6,13-16H2,2-4H3/p+1/t18-,25+/m0/s1. The van der Waals surface area contributed by atoms with E-state index < -0.39 is 17.7 Å². The van der Waals surface area contributed by atoms with E-state index in [0.29, 0.717) is 24.5 Å². The topological polar surface area (TPSA) is 80.5 Å². The van der Waals surface area contributed by atoms with Crippen molar-refractivity contribution < 1.29 is 29.1 Å². The van der Waals surface area contributed by atoms with Gasteiger partial charge in [0.1, 0.15) is 30.0 Å². The first-order valence-corrected chi connectivity index (χ1v) is 12.0. The van der Waals surface area contributed by atoms with Crippen molar-refractivity contribution in [3.8, 4) is 11.5 Å². The average Bonchev–Trinajstić information content (AvgIpc) is 3.33. The first kappa shape index (κ1) is 24.5. The third-order valence-electron chi connectivity index (χ3n) is 6.35. The lowest BCUT2D eigenvalue weighted by atomic mass is 9.94. The van der Waals surface area contributed by atoms with Crippen molar-refractivity contribution >= 4 is 17.4 Å². The summed E-state index contributed by atoms with van der Waals surface area (Å²) in [7, 11) is 4.10. The highest BCUT2D eigenvalue weighted by Crippen LogP contribution is 2.41. The number of nitrogens with one attached hydrogen (secondary N) is 1. The molecular formula is C28H33N2O5+. The van der Waals surface area contributed by atoms with Gasteiger partial charge in [0.05, 0.1) is 32.3 Å². The zero-order valence-electron chi connectivity index (χ0n) is 20.5. The highest BCUT2D eigenvalue weighted by atomic mass is 16.5. The number of carbonyl (C=O) groups excluding carboxylic acids is 2. The summed E-state index contributed by atoms with van der Waals surface area (Å²) in [5.74, 6) is 0.0301. The fourth-order valence-corrected chi connectivity index (χ4v) is 4.69. The van der Waals surface area contributed by atoms with Gasteiger partial charge in [-0.1, -0.05) is 24.8 Å². The van der Waals surface area contributed by atoms with Gasteiger partial charge in [-0.25, -0.2) is 0 Å². The number of quaternary nitrogens is 1. The summed E-state index contributed by atoms with van der Waals surface area (Å²) in [5, 5.41) is 11.3. The van der Waals surface area contributed by atoms with Crippen LogP contribution in [0.5, 0.6) is 11.5 Å². The Hall–Kier alpha value is -3.58. The number of hydrogen-bond acceptors (Lipinski definition) is 5. The minimum atomic E-state index is -0.677. The summed E-state index contributed by atoms with van der Waals surface area (Å²) in [5.41, 5.74) is 2.34. The van der Waals surface area contributed by atoms with Crippen LogP contribution in [0.2, 0.25) is 0 Å². The van der Waals surface area contributed by atoms with Crippen LogP contribution in [0.1, 0.15) is 36.1 Å². The highest BCUT2D eigenvalue weighted by molar-refractivity contribution is 6.46. The summed E-state index contributed by atoms with van der Waals surface area (Å²) in [6, 6.07) is 12.0. The quantitative estimate of drug-likeness (QED) is 0.251. The maximum Gasteiger partial charge on any atom is 0.295 e. The predicted molar refractivity (Wildman–Crippen MR) is 134 cm³/mol. The fraction of sp³-hybridized carbons (Fsp3) is 0.357. The summed E-state index contributed by atoms with van der Waals surface area (Å²) < 4.78 is 11.4. The Kier molecular flexibility index (Phi) is 7.26. The number of carbonyl (C=O) groups is 2. The Morgan fingerprint density at radius 1 is 1.23 bits per heavy atom. The van der Waals surface area contributed by atoms with Gasteiger partial charge >= 0.3 is 0 Å². The summed E-state index contributed by atoms with van der Waals surface area (Å²) in [4.78, 5) is 29.2. The van der Waals surface area contributed by atoms with Crippen LogP contribution >= 0.6 is 0 Å². The second kappa shape index (κ2) is 10.4. The van der Waals surface area contributed by atoms with E-state index in [0.717, 1.165) is 36.3 Å². The molecule has 1 saturated heterocycles. The summed E-state index contributed by atoms with van der Waals surface area (Å²) >= 11 is 0. The normalized spacial score (nSPS) is 20.7. The number of aliphatic hydroxyl groups is 1. The molecule has 0 aromatic heterocycles. The number of hydrogen-bond donors (Lipinski definition) is 2. The second-order valence-electron chi connectivity index (χ2n) is 9.43. The van der Waals surface area contributed by atoms with Crippen molar-refractivity contribution in [3.63, 3.8) is 0 Å². The number of Topliss-reactive ketones (excluding diaryl/α,β-unsaturated/α-hetero) is 1. The Morgan fingerprint density at radius 3 is 2.66 bits per heavy atom. The SMILES string of the molecule is C=CCOc1ccc([C@@H]2C(=C(O)c3ccc4c(c3)C[C@H](C)O4)C(=O)C(=O)N2CCC[NH+](C)C)cc1. The third-order valence-corrected chi connectivity index (χ3v) is 6.35. The number of amides is 1. The molecule has 4 rings (SSSR count). The number of fused-ring (bicyclic) bond motifs is 1. The van der Waals surface area contributed by atoms with E-state index in [1.807, 2.05) is 45.3 Å². The van der Waals surface area contributed by atoms with Crippen LogP contribution in [-0.4, -0.2) is 61.6 Å². The summed E-state index contributed by atoms with van der Waals surface area (Å²) in [6.07, 6.45) is 3.19. The monoisotopic (exact) mass is 477 g/mol. The number of aliphatic hydroxyl groups excluding tert-OH is 1. The first-order chi connectivity index (χ1) is 16.8. The molecule has 7 nitrogen and oxygen atoms in total. The lowest BCUT2D eigenvalue weighted by molar-refractivity contribution is -0.858. The van der Waals surface area contributed by atoms with Gasteiger partial charge in [-0.05, 0) is 48.4 Å². The maximum absolute atomic E-state index is 13.2. The van der Waals surface area contributed by atoms with Crippen LogP contribution in [0.4, 0.5) is 0 Å². The minimum Gasteiger partial charge on any atom is -0.507 e. The van der Waals surface area contributed by atoms with E-state index in [-0.39, 0.29) is 17.4 Å². The minimum absolute atomic E-state index is 0.0635. The number of rotatable bonds is 9. The van der Waals surface area contributed by atoms with E-state index in [1.165, 1.54) is 4.90 Å². The van der Waals surface area contributed by atoms with E-state index in [9.17, 15) is 14.7 Å². The van der Waals surface area contributed by atoms with Gasteiger partial charge in [0.15, 0.2) is 0 Å². The van der Waals surface area contributed by atoms with Gasteiger partial charge in [0, 0.05) is 24.9 Å². The second-order valence-corrected chi connectivity index (χ2v) is 9.43. The molecule has 1 amide bonds. The number of ketones is 1. The zero-order valence-corrected chi connectivity index (χ0v) is 20.5. The van der Waals surface area contributed by atoms with Gasteiger partial charge in [0.2, 0.25) is 0 Å². The molecule has 0 bridgehead atoms. The Bertz CT molecular complexity index is 1150. The van der Waals surface area contributed by atoms with Crippen molar-refractivity contribution in [3.05, 3.63) is 77.4 Å². The van der Waals surface area contributed by atoms with E-state index in [2.05, 4.69) is 6.58 Å². The maximum atomic E-state index is 13.2. The van der Waals surface area contributed by atoms with Gasteiger partial charge in [-0.15, -0.1) is 0 Å². The molecule has 2 aromatic carbocycles. The lowest BCUT2D eigenvalue weighted by Gasteiger charge is -2.25. The van der Waals surface area contributed by atoms with Gasteiger partial charge < -0.3 is 24.4 Å². The number of likely N-dealkylation sites (tertiary alicyclic amines) is 1. The molecule has 0 radical (unpaired) electrons. The van der Waals surface area contributed by atoms with Gasteiger partial charge in [-0.2, -0.15) is 0 Å². The van der Waals surface area contributed by atoms with Crippen LogP contribution < -0.4 is 14.4 Å². The van der Waals surface area contributed by atoms with Crippen molar-refractivity contribution in [1.82, 2.24) is 4.90 Å². The Labute approximate surface area is 206 Å². The van der Waals surface area contributed by atoms with Crippen LogP contribution in [0.3, 0.4) is 0 Å². The van der Waals surface area contributed by atoms with Gasteiger partial charge in [0.25, 0.3) is 11.7 Å². The molecule has 7 heteroatoms. The Morgan fingerprint density at radius 2 is 1.97 bits per heavy atom. The molecule has 0 spiro atoms. The number of benzene rings is 2. The van der Waals surface area contributed by atoms with Crippen LogP contribution in [0.25, 0.3) is 5.76 Å². The molecule has 0 unspecified atom stereocenters. The predicted octanol–water partition coefficient (Wildman–Crippen LogP) is 2.53. The van der Waals surface area contributed by atoms with Crippen LogP contribution in [-0.2, 0) is 16.0 Å². The molecule has 0 aliphatic carbocycles. The molecule has 2 aliphatic rings. The molecule has 2 N–H and O–H groups in total. The van der Waals surface area contributed by atoms with Crippen LogP contribution in [0.15, 0.2) is 60.7 Å². The van der Waals surface area contributed by atoms with E-state index in [4.69, 9.17) is 9.47 Å². The molecule has 1 fully saturated rings. The molecule has 2 aromatic rings. The first-order valence-electron chi connectivity index (χ1n) is 12.0. The zero-order chi connectivity index (χ0) is 25.1. The highest BCUT2D eigenvalue weighted by Gasteiger charge is 2.46. The molecule has 0 saturated carbocycles. The lowest BCUT2D eigenvalue weighted by Crippen LogP contribution is -3.05. The van der Waals surface area contributed by atoms with Crippen molar-refractivity contribution in [2.45, 2.75) is 31.9 Å². The summed E-state index contributed by atoms with van der Waals surface area (Å²) in [6.45, 7) is 7.30. The molecular weight excluding hydrogens is 444 g/mol. The Balaban J connectivity index is 1.74.